The number of hydrogen-bond acceptors (Lipinski definition) is 5. The third-order valence-electron chi connectivity index (χ3n) is 7.98. The summed E-state index contributed by atoms with van der Waals surface area (Å²) in [7, 11) is -3.91. The number of ether oxygens (including phenoxy) is 1. The molecule has 5 rings (SSSR count). The highest BCUT2D eigenvalue weighted by Crippen LogP contribution is 2.45. The standard InChI is InChI=1S/C32H33Cl2FN2O5S/c1-2-25(20-36(43(40,41)26-16-17-26)28-10-4-3-9-27(28)35)37-30(21-12-14-23(33)15-13-21)31(22-7-5-8-24(34)19-22)42-29(32(37)39)11-6-18-38/h3-5,7-10,12-15,18-19,25-26,29-31H,2,6,11,16-17,20H2,1H3/t25?,29-,30-,31-/m1/s1. The lowest BCUT2D eigenvalue weighted by molar-refractivity contribution is -0.180. The normalized spacial score (nSPS) is 21.4. The van der Waals surface area contributed by atoms with Crippen LogP contribution in [-0.2, 0) is 24.3 Å². The van der Waals surface area contributed by atoms with Crippen LogP contribution in [-0.4, -0.2) is 49.5 Å². The van der Waals surface area contributed by atoms with Crippen LogP contribution in [0.5, 0.6) is 0 Å². The number of carbonyl (C=O) groups is 2. The van der Waals surface area contributed by atoms with Crippen LogP contribution in [0, 0.1) is 5.82 Å². The van der Waals surface area contributed by atoms with E-state index in [1.807, 2.05) is 25.1 Å². The quantitative estimate of drug-likeness (QED) is 0.200. The molecule has 1 heterocycles. The Morgan fingerprint density at radius 1 is 1.02 bits per heavy atom. The Balaban J connectivity index is 1.64. The maximum atomic E-state index is 15.2. The SMILES string of the molecule is CCC(CN(c1ccccc1F)S(=O)(=O)C1CC1)N1C(=O)[C@@H](CCC=O)O[C@H](c2cccc(Cl)c2)[C@H]1c1ccc(Cl)cc1. The molecule has 1 aliphatic carbocycles. The van der Waals surface area contributed by atoms with E-state index in [2.05, 4.69) is 0 Å². The minimum atomic E-state index is -3.91. The fraction of sp³-hybridized carbons (Fsp3) is 0.375. The summed E-state index contributed by atoms with van der Waals surface area (Å²) in [6.45, 7) is 1.71. The van der Waals surface area contributed by atoms with Gasteiger partial charge < -0.3 is 14.4 Å². The number of hydrogen-bond donors (Lipinski definition) is 0. The van der Waals surface area contributed by atoms with E-state index in [4.69, 9.17) is 27.9 Å². The van der Waals surface area contributed by atoms with Crippen molar-refractivity contribution < 1.29 is 27.1 Å². The molecule has 4 atom stereocenters. The molecule has 0 bridgehead atoms. The molecule has 1 amide bonds. The van der Waals surface area contributed by atoms with E-state index >= 15 is 4.39 Å². The number of rotatable bonds is 12. The molecular formula is C32H33Cl2FN2O5S. The first-order valence-electron chi connectivity index (χ1n) is 14.3. The van der Waals surface area contributed by atoms with Crippen molar-refractivity contribution in [2.75, 3.05) is 10.8 Å². The van der Waals surface area contributed by atoms with Gasteiger partial charge in [0, 0.05) is 16.5 Å². The van der Waals surface area contributed by atoms with E-state index in [9.17, 15) is 18.0 Å². The Bertz CT molecular complexity index is 1570. The molecule has 3 aromatic rings. The first kappa shape index (κ1) is 31.4. The minimum Gasteiger partial charge on any atom is -0.358 e. The van der Waals surface area contributed by atoms with E-state index in [1.165, 1.54) is 18.2 Å². The number of anilines is 1. The Kier molecular flexibility index (Phi) is 9.76. The molecule has 43 heavy (non-hydrogen) atoms. The van der Waals surface area contributed by atoms with E-state index in [-0.39, 0.29) is 31.0 Å². The monoisotopic (exact) mass is 646 g/mol. The van der Waals surface area contributed by atoms with Crippen LogP contribution in [0.1, 0.15) is 62.3 Å². The summed E-state index contributed by atoms with van der Waals surface area (Å²) < 4.78 is 50.2. The molecule has 1 unspecified atom stereocenters. The van der Waals surface area contributed by atoms with E-state index in [0.717, 1.165) is 16.2 Å². The van der Waals surface area contributed by atoms with Crippen LogP contribution in [0.25, 0.3) is 0 Å². The van der Waals surface area contributed by atoms with Crippen LogP contribution in [0.15, 0.2) is 72.8 Å². The van der Waals surface area contributed by atoms with Gasteiger partial charge in [-0.15, -0.1) is 0 Å². The largest absolute Gasteiger partial charge is 0.358 e. The van der Waals surface area contributed by atoms with Crippen LogP contribution in [0.2, 0.25) is 10.0 Å². The summed E-state index contributed by atoms with van der Waals surface area (Å²) in [6, 6.07) is 18.6. The maximum absolute atomic E-state index is 15.2. The Morgan fingerprint density at radius 2 is 1.74 bits per heavy atom. The fourth-order valence-electron chi connectivity index (χ4n) is 5.66. The van der Waals surface area contributed by atoms with E-state index in [1.54, 1.807) is 41.3 Å². The van der Waals surface area contributed by atoms with Gasteiger partial charge in [0.05, 0.1) is 29.6 Å². The van der Waals surface area contributed by atoms with Crippen molar-refractivity contribution >= 4 is 51.1 Å². The van der Waals surface area contributed by atoms with Crippen molar-refractivity contribution in [2.24, 2.45) is 0 Å². The van der Waals surface area contributed by atoms with Crippen molar-refractivity contribution in [2.45, 2.75) is 68.6 Å². The van der Waals surface area contributed by atoms with Gasteiger partial charge in [-0.1, -0.05) is 66.5 Å². The lowest BCUT2D eigenvalue weighted by Gasteiger charge is -2.49. The zero-order valence-corrected chi connectivity index (χ0v) is 25.9. The topological polar surface area (TPSA) is 84.0 Å². The smallest absolute Gasteiger partial charge is 0.252 e. The van der Waals surface area contributed by atoms with Gasteiger partial charge in [0.15, 0.2) is 0 Å². The van der Waals surface area contributed by atoms with Crippen LogP contribution in [0.3, 0.4) is 0 Å². The molecule has 1 aliphatic heterocycles. The molecule has 1 saturated carbocycles. The van der Waals surface area contributed by atoms with Gasteiger partial charge >= 0.3 is 0 Å². The highest BCUT2D eigenvalue weighted by molar-refractivity contribution is 7.93. The van der Waals surface area contributed by atoms with E-state index < -0.39 is 45.4 Å². The highest BCUT2D eigenvalue weighted by Gasteiger charge is 2.48. The summed E-state index contributed by atoms with van der Waals surface area (Å²) in [5.74, 6) is -1.03. The molecule has 0 spiro atoms. The molecule has 1 saturated heterocycles. The molecule has 3 aromatic carbocycles. The number of para-hydroxylation sites is 1. The second-order valence-electron chi connectivity index (χ2n) is 10.9. The highest BCUT2D eigenvalue weighted by atomic mass is 35.5. The zero-order chi connectivity index (χ0) is 30.7. The molecule has 7 nitrogen and oxygen atoms in total. The summed E-state index contributed by atoms with van der Waals surface area (Å²) in [4.78, 5) is 27.3. The van der Waals surface area contributed by atoms with Crippen LogP contribution in [0.4, 0.5) is 10.1 Å². The van der Waals surface area contributed by atoms with Gasteiger partial charge in [0.1, 0.15) is 24.3 Å². The number of benzene rings is 3. The maximum Gasteiger partial charge on any atom is 0.252 e. The third kappa shape index (κ3) is 6.75. The first-order chi connectivity index (χ1) is 20.6. The lowest BCUT2D eigenvalue weighted by atomic mass is 9.89. The van der Waals surface area contributed by atoms with Gasteiger partial charge in [-0.05, 0) is 73.2 Å². The average Bonchev–Trinajstić information content (AvgIpc) is 3.85. The third-order valence-corrected chi connectivity index (χ3v) is 10.7. The molecule has 2 fully saturated rings. The first-order valence-corrected chi connectivity index (χ1v) is 16.6. The second-order valence-corrected chi connectivity index (χ2v) is 13.9. The minimum absolute atomic E-state index is 0.0551. The van der Waals surface area contributed by atoms with Crippen LogP contribution >= 0.6 is 23.2 Å². The van der Waals surface area contributed by atoms with Crippen molar-refractivity contribution in [1.29, 1.82) is 0 Å². The molecule has 228 valence electrons. The lowest BCUT2D eigenvalue weighted by Crippen LogP contribution is -2.57. The number of morpholine rings is 1. The van der Waals surface area contributed by atoms with Gasteiger partial charge in [-0.3, -0.25) is 9.10 Å². The molecule has 0 aromatic heterocycles. The summed E-state index contributed by atoms with van der Waals surface area (Å²) in [5, 5.41) is 0.392. The molecule has 0 N–H and O–H groups in total. The van der Waals surface area contributed by atoms with Crippen molar-refractivity contribution in [3.63, 3.8) is 0 Å². The second kappa shape index (κ2) is 13.3. The summed E-state index contributed by atoms with van der Waals surface area (Å²) in [6.07, 6.45) is 0.684. The van der Waals surface area contributed by atoms with Crippen molar-refractivity contribution in [3.8, 4) is 0 Å². The molecular weight excluding hydrogens is 614 g/mol. The number of nitrogens with zero attached hydrogens (tertiary/aromatic N) is 2. The number of carbonyl (C=O) groups excluding carboxylic acids is 2. The predicted molar refractivity (Wildman–Crippen MR) is 165 cm³/mol. The average molecular weight is 648 g/mol. The number of sulfonamides is 1. The van der Waals surface area contributed by atoms with Gasteiger partial charge in [0.25, 0.3) is 5.91 Å². The number of halogens is 3. The van der Waals surface area contributed by atoms with E-state index in [0.29, 0.717) is 34.9 Å². The Labute approximate surface area is 261 Å². The molecule has 2 aliphatic rings. The van der Waals surface area contributed by atoms with Gasteiger partial charge in [-0.25, -0.2) is 12.8 Å². The van der Waals surface area contributed by atoms with Gasteiger partial charge in [-0.2, -0.15) is 0 Å². The summed E-state index contributed by atoms with van der Waals surface area (Å²) >= 11 is 12.6. The van der Waals surface area contributed by atoms with Crippen molar-refractivity contribution in [3.05, 3.63) is 99.8 Å². The van der Waals surface area contributed by atoms with Crippen molar-refractivity contribution in [1.82, 2.24) is 4.90 Å². The number of aldehydes is 1. The fourth-order valence-corrected chi connectivity index (χ4v) is 7.88. The van der Waals surface area contributed by atoms with Gasteiger partial charge in [0.2, 0.25) is 10.0 Å². The zero-order valence-electron chi connectivity index (χ0n) is 23.6. The summed E-state index contributed by atoms with van der Waals surface area (Å²) in [5.41, 5.74) is 1.38. The molecule has 0 radical (unpaired) electrons. The molecule has 11 heteroatoms. The Hall–Kier alpha value is -2.98. The Morgan fingerprint density at radius 3 is 2.37 bits per heavy atom. The van der Waals surface area contributed by atoms with Crippen LogP contribution < -0.4 is 4.31 Å². The predicted octanol–water partition coefficient (Wildman–Crippen LogP) is 6.90. The number of amides is 1.